The molecule has 1 aromatic carbocycles. The third-order valence-electron chi connectivity index (χ3n) is 3.01. The maximum absolute atomic E-state index is 13.1. The monoisotopic (exact) mass is 277 g/mol. The lowest BCUT2D eigenvalue weighted by Gasteiger charge is -2.21. The fraction of sp³-hybridized carbons (Fsp3) is 0.267. The van der Waals surface area contributed by atoms with Crippen molar-refractivity contribution in [3.8, 4) is 0 Å². The van der Waals surface area contributed by atoms with Crippen molar-refractivity contribution in [1.82, 2.24) is 4.90 Å². The first-order valence-electron chi connectivity index (χ1n) is 6.19. The second-order valence-electron chi connectivity index (χ2n) is 4.36. The predicted molar refractivity (Wildman–Crippen MR) is 75.9 cm³/mol. The lowest BCUT2D eigenvalue weighted by Crippen LogP contribution is -2.30. The normalized spacial score (nSPS) is 10.5. The van der Waals surface area contributed by atoms with Crippen LogP contribution in [0.4, 0.5) is 4.39 Å². The topological polar surface area (TPSA) is 20.3 Å². The summed E-state index contributed by atoms with van der Waals surface area (Å²) in [6.45, 7) is 4.94. The maximum Gasteiger partial charge on any atom is 0.254 e. The van der Waals surface area contributed by atoms with Gasteiger partial charge < -0.3 is 4.90 Å². The van der Waals surface area contributed by atoms with E-state index in [9.17, 15) is 9.18 Å². The van der Waals surface area contributed by atoms with Gasteiger partial charge in [-0.25, -0.2) is 4.39 Å². The van der Waals surface area contributed by atoms with E-state index in [1.807, 2.05) is 24.4 Å². The van der Waals surface area contributed by atoms with Crippen LogP contribution in [0.1, 0.15) is 27.7 Å². The molecule has 1 heterocycles. The van der Waals surface area contributed by atoms with Crippen LogP contribution in [-0.4, -0.2) is 17.4 Å². The zero-order chi connectivity index (χ0) is 13.8. The smallest absolute Gasteiger partial charge is 0.254 e. The molecule has 0 radical (unpaired) electrons. The summed E-state index contributed by atoms with van der Waals surface area (Å²) in [5.74, 6) is -0.358. The van der Waals surface area contributed by atoms with Gasteiger partial charge in [-0.1, -0.05) is 6.07 Å². The van der Waals surface area contributed by atoms with Crippen LogP contribution in [0, 0.1) is 12.7 Å². The third-order valence-corrected chi connectivity index (χ3v) is 3.88. The molecular weight excluding hydrogens is 261 g/mol. The number of nitrogens with zero attached hydrogens (tertiary/aromatic N) is 1. The summed E-state index contributed by atoms with van der Waals surface area (Å²) in [6.07, 6.45) is 0. The molecule has 0 aliphatic heterocycles. The molecule has 2 rings (SSSR count). The van der Waals surface area contributed by atoms with Gasteiger partial charge >= 0.3 is 0 Å². The lowest BCUT2D eigenvalue weighted by molar-refractivity contribution is 0.0753. The van der Waals surface area contributed by atoms with E-state index < -0.39 is 0 Å². The van der Waals surface area contributed by atoms with Crippen molar-refractivity contribution in [1.29, 1.82) is 0 Å². The first kappa shape index (κ1) is 13.7. The highest BCUT2D eigenvalue weighted by Gasteiger charge is 2.17. The van der Waals surface area contributed by atoms with E-state index >= 15 is 0 Å². The molecule has 100 valence electrons. The standard InChI is InChI=1S/C15H16FNOS/c1-3-17(10-13-5-4-8-19-13)15(18)14-7-6-12(16)9-11(14)2/h4-9H,3,10H2,1-2H3. The summed E-state index contributed by atoms with van der Waals surface area (Å²) in [5.41, 5.74) is 1.24. The van der Waals surface area contributed by atoms with E-state index in [-0.39, 0.29) is 11.7 Å². The lowest BCUT2D eigenvalue weighted by atomic mass is 10.1. The minimum Gasteiger partial charge on any atom is -0.334 e. The van der Waals surface area contributed by atoms with Crippen molar-refractivity contribution in [2.75, 3.05) is 6.54 Å². The summed E-state index contributed by atoms with van der Waals surface area (Å²) < 4.78 is 13.1. The molecular formula is C15H16FNOS. The zero-order valence-corrected chi connectivity index (χ0v) is 11.8. The molecule has 2 nitrogen and oxygen atoms in total. The van der Waals surface area contributed by atoms with Crippen LogP contribution in [0.2, 0.25) is 0 Å². The van der Waals surface area contributed by atoms with Crippen molar-refractivity contribution < 1.29 is 9.18 Å². The van der Waals surface area contributed by atoms with E-state index in [1.165, 1.54) is 12.1 Å². The molecule has 19 heavy (non-hydrogen) atoms. The maximum atomic E-state index is 13.1. The SMILES string of the molecule is CCN(Cc1cccs1)C(=O)c1ccc(F)cc1C. The fourth-order valence-electron chi connectivity index (χ4n) is 1.96. The van der Waals surface area contributed by atoms with Crippen molar-refractivity contribution >= 4 is 17.2 Å². The van der Waals surface area contributed by atoms with Crippen LogP contribution < -0.4 is 0 Å². The Balaban J connectivity index is 2.20. The van der Waals surface area contributed by atoms with Gasteiger partial charge in [-0.05, 0) is 49.1 Å². The Kier molecular flexibility index (Phi) is 4.32. The zero-order valence-electron chi connectivity index (χ0n) is 11.0. The number of aryl methyl sites for hydroxylation is 1. The number of carbonyl (C=O) groups excluding carboxylic acids is 1. The summed E-state index contributed by atoms with van der Waals surface area (Å²) in [5, 5.41) is 2.00. The molecule has 0 spiro atoms. The summed E-state index contributed by atoms with van der Waals surface area (Å²) in [7, 11) is 0. The molecule has 0 unspecified atom stereocenters. The molecule has 4 heteroatoms. The molecule has 0 saturated heterocycles. The summed E-state index contributed by atoms with van der Waals surface area (Å²) >= 11 is 1.63. The van der Waals surface area contributed by atoms with Gasteiger partial charge in [0, 0.05) is 17.0 Å². The minimum absolute atomic E-state index is 0.0478. The van der Waals surface area contributed by atoms with E-state index in [1.54, 1.807) is 29.2 Å². The van der Waals surface area contributed by atoms with Gasteiger partial charge in [-0.3, -0.25) is 4.79 Å². The second kappa shape index (κ2) is 5.97. The third kappa shape index (κ3) is 3.20. The van der Waals surface area contributed by atoms with Crippen molar-refractivity contribution in [2.45, 2.75) is 20.4 Å². The van der Waals surface area contributed by atoms with Gasteiger partial charge in [0.2, 0.25) is 0 Å². The predicted octanol–water partition coefficient (Wildman–Crippen LogP) is 3.86. The fourth-order valence-corrected chi connectivity index (χ4v) is 2.67. The Morgan fingerprint density at radius 1 is 1.37 bits per heavy atom. The number of benzene rings is 1. The van der Waals surface area contributed by atoms with Gasteiger partial charge in [0.1, 0.15) is 5.82 Å². The number of rotatable bonds is 4. The largest absolute Gasteiger partial charge is 0.334 e. The molecule has 0 N–H and O–H groups in total. The summed E-state index contributed by atoms with van der Waals surface area (Å²) in [4.78, 5) is 15.4. The van der Waals surface area contributed by atoms with Crippen LogP contribution in [0.25, 0.3) is 0 Å². The number of hydrogen-bond acceptors (Lipinski definition) is 2. The van der Waals surface area contributed by atoms with E-state index in [2.05, 4.69) is 0 Å². The molecule has 1 amide bonds. The van der Waals surface area contributed by atoms with Crippen molar-refractivity contribution in [3.05, 3.63) is 57.5 Å². The molecule has 2 aromatic rings. The molecule has 0 atom stereocenters. The first-order chi connectivity index (χ1) is 9.11. The van der Waals surface area contributed by atoms with Crippen LogP contribution in [0.5, 0.6) is 0 Å². The molecule has 0 bridgehead atoms. The second-order valence-corrected chi connectivity index (χ2v) is 5.39. The Morgan fingerprint density at radius 3 is 2.74 bits per heavy atom. The van der Waals surface area contributed by atoms with E-state index in [0.29, 0.717) is 24.2 Å². The molecule has 0 fully saturated rings. The number of thiophene rings is 1. The Morgan fingerprint density at radius 2 is 2.16 bits per heavy atom. The van der Waals surface area contributed by atoms with Gasteiger partial charge in [0.05, 0.1) is 6.54 Å². The highest BCUT2D eigenvalue weighted by atomic mass is 32.1. The summed E-state index contributed by atoms with van der Waals surface area (Å²) in [6, 6.07) is 8.27. The van der Waals surface area contributed by atoms with Gasteiger partial charge in [0.25, 0.3) is 5.91 Å². The Bertz CT molecular complexity index is 566. The number of carbonyl (C=O) groups is 1. The highest BCUT2D eigenvalue weighted by Crippen LogP contribution is 2.17. The minimum atomic E-state index is -0.310. The highest BCUT2D eigenvalue weighted by molar-refractivity contribution is 7.09. The average Bonchev–Trinajstić information content (AvgIpc) is 2.88. The molecule has 0 saturated carbocycles. The van der Waals surface area contributed by atoms with Crippen molar-refractivity contribution in [3.63, 3.8) is 0 Å². The van der Waals surface area contributed by atoms with Gasteiger partial charge in [-0.2, -0.15) is 0 Å². The number of halogens is 1. The molecule has 1 aromatic heterocycles. The Labute approximate surface area is 116 Å². The van der Waals surface area contributed by atoms with Gasteiger partial charge in [0.15, 0.2) is 0 Å². The van der Waals surface area contributed by atoms with Crippen LogP contribution in [0.15, 0.2) is 35.7 Å². The number of hydrogen-bond donors (Lipinski definition) is 0. The van der Waals surface area contributed by atoms with Crippen LogP contribution in [-0.2, 0) is 6.54 Å². The van der Waals surface area contributed by atoms with E-state index in [0.717, 1.165) is 4.88 Å². The van der Waals surface area contributed by atoms with Crippen LogP contribution >= 0.6 is 11.3 Å². The average molecular weight is 277 g/mol. The van der Waals surface area contributed by atoms with Gasteiger partial charge in [-0.15, -0.1) is 11.3 Å². The number of amides is 1. The first-order valence-corrected chi connectivity index (χ1v) is 7.07. The molecule has 0 aliphatic rings. The van der Waals surface area contributed by atoms with Crippen LogP contribution in [0.3, 0.4) is 0 Å². The van der Waals surface area contributed by atoms with Crippen molar-refractivity contribution in [2.24, 2.45) is 0 Å². The Hall–Kier alpha value is -1.68. The quantitative estimate of drug-likeness (QED) is 0.831. The van der Waals surface area contributed by atoms with E-state index in [4.69, 9.17) is 0 Å². The molecule has 0 aliphatic carbocycles.